The Labute approximate surface area is 133 Å². The van der Waals surface area contributed by atoms with Crippen molar-refractivity contribution in [2.45, 2.75) is 52.9 Å². The van der Waals surface area contributed by atoms with Crippen molar-refractivity contribution < 1.29 is 4.79 Å². The highest BCUT2D eigenvalue weighted by Gasteiger charge is 2.37. The molecule has 0 aromatic heterocycles. The first-order chi connectivity index (χ1) is 10.3. The molecule has 1 heteroatoms. The van der Waals surface area contributed by atoms with Gasteiger partial charge in [0.2, 0.25) is 0 Å². The number of hydrogen-bond acceptors (Lipinski definition) is 1. The standard InChI is InChI=1S/C21H24O/c1-13-6-7-17(10-14(13)2)21(5)9-8-20(22)18-11-15(3)16(4)12-19(18)21/h6-7,10-12H,8-9H2,1-5H3. The number of carbonyl (C=O) groups is 1. The van der Waals surface area contributed by atoms with Gasteiger partial charge < -0.3 is 0 Å². The summed E-state index contributed by atoms with van der Waals surface area (Å²) in [7, 11) is 0. The fraction of sp³-hybridized carbons (Fsp3) is 0.381. The van der Waals surface area contributed by atoms with Crippen LogP contribution in [0.1, 0.15) is 63.5 Å². The summed E-state index contributed by atoms with van der Waals surface area (Å²) in [5.41, 5.74) is 8.50. The van der Waals surface area contributed by atoms with Gasteiger partial charge in [-0.3, -0.25) is 4.79 Å². The average Bonchev–Trinajstić information content (AvgIpc) is 2.48. The number of carbonyl (C=O) groups excluding carboxylic acids is 1. The van der Waals surface area contributed by atoms with Gasteiger partial charge in [0.1, 0.15) is 0 Å². The zero-order valence-electron chi connectivity index (χ0n) is 14.2. The molecule has 1 aliphatic carbocycles. The third-order valence-corrected chi connectivity index (χ3v) is 5.52. The summed E-state index contributed by atoms with van der Waals surface area (Å²) in [5.74, 6) is 0.291. The van der Waals surface area contributed by atoms with E-state index in [1.807, 2.05) is 0 Å². The molecule has 2 aromatic rings. The molecule has 0 spiro atoms. The number of ketones is 1. The van der Waals surface area contributed by atoms with Crippen LogP contribution in [0.25, 0.3) is 0 Å². The molecule has 1 aliphatic rings. The van der Waals surface area contributed by atoms with Crippen molar-refractivity contribution in [1.82, 2.24) is 0 Å². The minimum absolute atomic E-state index is 0.0693. The molecule has 0 saturated heterocycles. The van der Waals surface area contributed by atoms with Crippen molar-refractivity contribution in [2.24, 2.45) is 0 Å². The third-order valence-electron chi connectivity index (χ3n) is 5.52. The van der Waals surface area contributed by atoms with E-state index < -0.39 is 0 Å². The maximum Gasteiger partial charge on any atom is 0.163 e. The van der Waals surface area contributed by atoms with Crippen LogP contribution in [0.3, 0.4) is 0 Å². The molecule has 0 radical (unpaired) electrons. The predicted octanol–water partition coefficient (Wildman–Crippen LogP) is 5.20. The third kappa shape index (κ3) is 2.20. The fourth-order valence-electron chi connectivity index (χ4n) is 3.52. The number of hydrogen-bond donors (Lipinski definition) is 0. The van der Waals surface area contributed by atoms with Crippen LogP contribution in [0.15, 0.2) is 30.3 Å². The molecule has 0 aliphatic heterocycles. The van der Waals surface area contributed by atoms with E-state index >= 15 is 0 Å². The summed E-state index contributed by atoms with van der Waals surface area (Å²) in [6, 6.07) is 11.1. The van der Waals surface area contributed by atoms with E-state index in [1.54, 1.807) is 0 Å². The lowest BCUT2D eigenvalue weighted by Gasteiger charge is -2.37. The van der Waals surface area contributed by atoms with E-state index in [0.29, 0.717) is 12.2 Å². The second kappa shape index (κ2) is 5.08. The molecule has 2 aromatic carbocycles. The molecule has 114 valence electrons. The van der Waals surface area contributed by atoms with E-state index in [0.717, 1.165) is 12.0 Å². The maximum absolute atomic E-state index is 12.4. The predicted molar refractivity (Wildman–Crippen MR) is 91.9 cm³/mol. The number of Topliss-reactive ketones (excluding diaryl/α,β-unsaturated/α-hetero) is 1. The van der Waals surface area contributed by atoms with Gasteiger partial charge in [-0.25, -0.2) is 0 Å². The zero-order valence-corrected chi connectivity index (χ0v) is 14.2. The van der Waals surface area contributed by atoms with Crippen LogP contribution in [0.2, 0.25) is 0 Å². The minimum atomic E-state index is -0.0693. The smallest absolute Gasteiger partial charge is 0.163 e. The molecule has 0 amide bonds. The quantitative estimate of drug-likeness (QED) is 0.705. The molecule has 0 fully saturated rings. The van der Waals surface area contributed by atoms with Crippen molar-refractivity contribution in [3.63, 3.8) is 0 Å². The van der Waals surface area contributed by atoms with Gasteiger partial charge in [-0.05, 0) is 73.6 Å². The topological polar surface area (TPSA) is 17.1 Å². The Kier molecular flexibility index (Phi) is 3.47. The lowest BCUT2D eigenvalue weighted by Crippen LogP contribution is -2.32. The lowest BCUT2D eigenvalue weighted by atomic mass is 9.66. The van der Waals surface area contributed by atoms with Crippen molar-refractivity contribution in [3.8, 4) is 0 Å². The summed E-state index contributed by atoms with van der Waals surface area (Å²) >= 11 is 0. The highest BCUT2D eigenvalue weighted by atomic mass is 16.1. The SMILES string of the molecule is Cc1ccc(C2(C)CCC(=O)c3cc(C)c(C)cc32)cc1C. The molecular weight excluding hydrogens is 268 g/mol. The van der Waals surface area contributed by atoms with E-state index in [-0.39, 0.29) is 5.41 Å². The molecule has 1 atom stereocenters. The van der Waals surface area contributed by atoms with Gasteiger partial charge in [0.15, 0.2) is 5.78 Å². The Balaban J connectivity index is 2.24. The molecule has 0 N–H and O–H groups in total. The van der Waals surface area contributed by atoms with E-state index in [4.69, 9.17) is 0 Å². The molecule has 0 heterocycles. The summed E-state index contributed by atoms with van der Waals surface area (Å²) in [6.07, 6.45) is 1.53. The summed E-state index contributed by atoms with van der Waals surface area (Å²) < 4.78 is 0. The van der Waals surface area contributed by atoms with Gasteiger partial charge in [0.05, 0.1) is 0 Å². The number of benzene rings is 2. The van der Waals surface area contributed by atoms with Crippen molar-refractivity contribution >= 4 is 5.78 Å². The van der Waals surface area contributed by atoms with Crippen LogP contribution in [0, 0.1) is 27.7 Å². The van der Waals surface area contributed by atoms with Crippen LogP contribution in [0.4, 0.5) is 0 Å². The van der Waals surface area contributed by atoms with Crippen LogP contribution in [-0.4, -0.2) is 5.78 Å². The molecule has 3 rings (SSSR count). The van der Waals surface area contributed by atoms with Gasteiger partial charge in [-0.15, -0.1) is 0 Å². The first kappa shape index (κ1) is 15.0. The second-order valence-electron chi connectivity index (χ2n) is 7.04. The monoisotopic (exact) mass is 292 g/mol. The van der Waals surface area contributed by atoms with Crippen LogP contribution in [0.5, 0.6) is 0 Å². The zero-order chi connectivity index (χ0) is 16.1. The van der Waals surface area contributed by atoms with Crippen molar-refractivity contribution in [1.29, 1.82) is 0 Å². The molecule has 0 saturated carbocycles. The summed E-state index contributed by atoms with van der Waals surface area (Å²) in [5, 5.41) is 0. The van der Waals surface area contributed by atoms with E-state index in [2.05, 4.69) is 65.0 Å². The lowest BCUT2D eigenvalue weighted by molar-refractivity contribution is 0.0959. The second-order valence-corrected chi connectivity index (χ2v) is 7.04. The Morgan fingerprint density at radius 2 is 1.50 bits per heavy atom. The van der Waals surface area contributed by atoms with Crippen LogP contribution >= 0.6 is 0 Å². The van der Waals surface area contributed by atoms with E-state index in [1.165, 1.54) is 33.4 Å². The summed E-state index contributed by atoms with van der Waals surface area (Å²) in [4.78, 5) is 12.4. The molecule has 22 heavy (non-hydrogen) atoms. The Hall–Kier alpha value is -1.89. The maximum atomic E-state index is 12.4. The fourth-order valence-corrected chi connectivity index (χ4v) is 3.52. The Bertz CT molecular complexity index is 770. The Morgan fingerprint density at radius 1 is 0.864 bits per heavy atom. The van der Waals surface area contributed by atoms with Crippen molar-refractivity contribution in [2.75, 3.05) is 0 Å². The average molecular weight is 292 g/mol. The van der Waals surface area contributed by atoms with Gasteiger partial charge in [-0.1, -0.05) is 31.2 Å². The number of fused-ring (bicyclic) bond motifs is 1. The Morgan fingerprint density at radius 3 is 2.18 bits per heavy atom. The normalized spacial score (nSPS) is 20.9. The van der Waals surface area contributed by atoms with Crippen LogP contribution < -0.4 is 0 Å². The summed E-state index contributed by atoms with van der Waals surface area (Å²) in [6.45, 7) is 10.8. The van der Waals surface area contributed by atoms with Gasteiger partial charge in [0, 0.05) is 17.4 Å². The number of rotatable bonds is 1. The first-order valence-electron chi connectivity index (χ1n) is 8.05. The van der Waals surface area contributed by atoms with Crippen LogP contribution in [-0.2, 0) is 5.41 Å². The van der Waals surface area contributed by atoms with Crippen molar-refractivity contribution in [3.05, 3.63) is 69.3 Å². The number of aryl methyl sites for hydroxylation is 4. The molecule has 1 nitrogen and oxygen atoms in total. The molecule has 0 bridgehead atoms. The largest absolute Gasteiger partial charge is 0.294 e. The first-order valence-corrected chi connectivity index (χ1v) is 8.05. The van der Waals surface area contributed by atoms with Gasteiger partial charge in [0.25, 0.3) is 0 Å². The van der Waals surface area contributed by atoms with E-state index in [9.17, 15) is 4.79 Å². The van der Waals surface area contributed by atoms with Gasteiger partial charge in [-0.2, -0.15) is 0 Å². The minimum Gasteiger partial charge on any atom is -0.294 e. The highest BCUT2D eigenvalue weighted by Crippen LogP contribution is 2.43. The molecular formula is C21H24O. The molecule has 1 unspecified atom stereocenters. The van der Waals surface area contributed by atoms with Gasteiger partial charge >= 0.3 is 0 Å². The highest BCUT2D eigenvalue weighted by molar-refractivity contribution is 5.99.